The van der Waals surface area contributed by atoms with Gasteiger partial charge in [0.1, 0.15) is 6.54 Å². The number of likely N-dealkylation sites (tertiary alicyclic amines) is 1. The average molecular weight is 565 g/mol. The standard InChI is InChI=1S/C23H44N6O2.HI/c1-27(2)21(30)19-25-22(24-11-14-28-15-17-31-18-16-28)26-20-23(9-5-3-6-10-23)29-12-7-4-8-13-29;/h3-20H2,1-2H3,(H2,24,25,26);1H. The molecule has 32 heavy (non-hydrogen) atoms. The molecule has 2 N–H and O–H groups in total. The minimum atomic E-state index is 0. The van der Waals surface area contributed by atoms with Crippen LogP contribution in [0.3, 0.4) is 0 Å². The Morgan fingerprint density at radius 2 is 1.62 bits per heavy atom. The minimum absolute atomic E-state index is 0. The van der Waals surface area contributed by atoms with Gasteiger partial charge in [-0.2, -0.15) is 0 Å². The molecule has 8 nitrogen and oxygen atoms in total. The summed E-state index contributed by atoms with van der Waals surface area (Å²) in [5, 5.41) is 7.13. The summed E-state index contributed by atoms with van der Waals surface area (Å²) >= 11 is 0. The Bertz CT molecular complexity index is 571. The number of ether oxygens (including phenoxy) is 1. The molecule has 0 radical (unpaired) electrons. The number of carbonyl (C=O) groups is 1. The summed E-state index contributed by atoms with van der Waals surface area (Å²) in [6.07, 6.45) is 10.5. The van der Waals surface area contributed by atoms with E-state index in [-0.39, 0.29) is 42.0 Å². The molecule has 1 aliphatic carbocycles. The van der Waals surface area contributed by atoms with Crippen molar-refractivity contribution in [2.24, 2.45) is 4.99 Å². The summed E-state index contributed by atoms with van der Waals surface area (Å²) in [5.41, 5.74) is 0.233. The first kappa shape index (κ1) is 27.6. The lowest BCUT2D eigenvalue weighted by Crippen LogP contribution is -2.59. The third-order valence-corrected chi connectivity index (χ3v) is 7.09. The van der Waals surface area contributed by atoms with E-state index >= 15 is 0 Å². The summed E-state index contributed by atoms with van der Waals surface area (Å²) in [7, 11) is 3.56. The van der Waals surface area contributed by atoms with Crippen molar-refractivity contribution in [1.29, 1.82) is 0 Å². The maximum Gasteiger partial charge on any atom is 0.243 e. The molecule has 3 rings (SSSR count). The second kappa shape index (κ2) is 14.6. The van der Waals surface area contributed by atoms with E-state index in [0.29, 0.717) is 0 Å². The number of amides is 1. The number of rotatable bonds is 8. The third kappa shape index (κ3) is 8.61. The molecule has 9 heteroatoms. The number of carbonyl (C=O) groups excluding carboxylic acids is 1. The summed E-state index contributed by atoms with van der Waals surface area (Å²) in [4.78, 5) is 23.5. The van der Waals surface area contributed by atoms with E-state index in [1.165, 1.54) is 64.5 Å². The SMILES string of the molecule is CN(C)C(=O)CN=C(NCCN1CCOCC1)NCC1(N2CCCCC2)CCCCC1.I. The van der Waals surface area contributed by atoms with Crippen LogP contribution in [0.2, 0.25) is 0 Å². The highest BCUT2D eigenvalue weighted by Crippen LogP contribution is 2.35. The first-order valence-electron chi connectivity index (χ1n) is 12.4. The number of piperidine rings is 1. The highest BCUT2D eigenvalue weighted by Gasteiger charge is 2.38. The lowest BCUT2D eigenvalue weighted by atomic mass is 9.79. The van der Waals surface area contributed by atoms with Crippen LogP contribution in [0.4, 0.5) is 0 Å². The van der Waals surface area contributed by atoms with Gasteiger partial charge in [-0.15, -0.1) is 24.0 Å². The zero-order chi connectivity index (χ0) is 21.9. The molecule has 0 atom stereocenters. The van der Waals surface area contributed by atoms with Gasteiger partial charge in [0.2, 0.25) is 5.91 Å². The largest absolute Gasteiger partial charge is 0.379 e. The molecular formula is C23H45IN6O2. The smallest absolute Gasteiger partial charge is 0.243 e. The van der Waals surface area contributed by atoms with Gasteiger partial charge in [-0.05, 0) is 38.8 Å². The number of aliphatic imine (C=N–C) groups is 1. The molecular weight excluding hydrogens is 519 g/mol. The van der Waals surface area contributed by atoms with Crippen LogP contribution in [0.15, 0.2) is 4.99 Å². The third-order valence-electron chi connectivity index (χ3n) is 7.09. The van der Waals surface area contributed by atoms with Crippen LogP contribution in [0.5, 0.6) is 0 Å². The number of likely N-dealkylation sites (N-methyl/N-ethyl adjacent to an activating group) is 1. The van der Waals surface area contributed by atoms with Gasteiger partial charge in [-0.3, -0.25) is 14.6 Å². The summed E-state index contributed by atoms with van der Waals surface area (Å²) in [5.74, 6) is 0.795. The van der Waals surface area contributed by atoms with E-state index in [0.717, 1.165) is 51.9 Å². The fourth-order valence-corrected chi connectivity index (χ4v) is 5.05. The Kier molecular flexibility index (Phi) is 12.6. The molecule has 0 aromatic rings. The zero-order valence-corrected chi connectivity index (χ0v) is 22.6. The minimum Gasteiger partial charge on any atom is -0.379 e. The normalized spacial score (nSPS) is 22.6. The van der Waals surface area contributed by atoms with Gasteiger partial charge < -0.3 is 20.3 Å². The fraction of sp³-hybridized carbons (Fsp3) is 0.913. The van der Waals surface area contributed by atoms with Crippen LogP contribution in [-0.4, -0.2) is 112 Å². The van der Waals surface area contributed by atoms with Crippen LogP contribution in [0.25, 0.3) is 0 Å². The van der Waals surface area contributed by atoms with Crippen molar-refractivity contribution in [3.05, 3.63) is 0 Å². The van der Waals surface area contributed by atoms with E-state index in [1.54, 1.807) is 19.0 Å². The topological polar surface area (TPSA) is 72.4 Å². The Labute approximate surface area is 211 Å². The van der Waals surface area contributed by atoms with Crippen molar-refractivity contribution in [3.8, 4) is 0 Å². The number of nitrogens with zero attached hydrogens (tertiary/aromatic N) is 4. The highest BCUT2D eigenvalue weighted by molar-refractivity contribution is 14.0. The maximum atomic E-state index is 12.1. The first-order valence-corrected chi connectivity index (χ1v) is 12.4. The van der Waals surface area contributed by atoms with Crippen molar-refractivity contribution in [2.45, 2.75) is 56.9 Å². The van der Waals surface area contributed by atoms with Gasteiger partial charge >= 0.3 is 0 Å². The van der Waals surface area contributed by atoms with Crippen LogP contribution in [0, 0.1) is 0 Å². The van der Waals surface area contributed by atoms with Crippen LogP contribution in [-0.2, 0) is 9.53 Å². The van der Waals surface area contributed by atoms with Crippen molar-refractivity contribution in [1.82, 2.24) is 25.3 Å². The van der Waals surface area contributed by atoms with Crippen molar-refractivity contribution < 1.29 is 9.53 Å². The predicted octanol–water partition coefficient (Wildman–Crippen LogP) is 1.75. The second-order valence-electron chi connectivity index (χ2n) is 9.52. The zero-order valence-electron chi connectivity index (χ0n) is 20.2. The molecule has 0 spiro atoms. The number of morpholine rings is 1. The van der Waals surface area contributed by atoms with E-state index in [1.807, 2.05) is 0 Å². The Balaban J connectivity index is 0.00000363. The van der Waals surface area contributed by atoms with E-state index in [2.05, 4.69) is 25.4 Å². The molecule has 3 aliphatic rings. The van der Waals surface area contributed by atoms with E-state index in [9.17, 15) is 4.79 Å². The molecule has 2 heterocycles. The molecule has 186 valence electrons. The number of halogens is 1. The van der Waals surface area contributed by atoms with Gasteiger partial charge in [-0.25, -0.2) is 4.99 Å². The van der Waals surface area contributed by atoms with E-state index in [4.69, 9.17) is 4.74 Å². The summed E-state index contributed by atoms with van der Waals surface area (Å²) < 4.78 is 5.44. The van der Waals surface area contributed by atoms with Crippen molar-refractivity contribution in [2.75, 3.05) is 79.7 Å². The summed E-state index contributed by atoms with van der Waals surface area (Å²) in [6, 6.07) is 0. The number of nitrogens with one attached hydrogen (secondary N) is 2. The number of hydrogen-bond acceptors (Lipinski definition) is 5. The van der Waals surface area contributed by atoms with Crippen LogP contribution in [0.1, 0.15) is 51.4 Å². The highest BCUT2D eigenvalue weighted by atomic mass is 127. The first-order chi connectivity index (χ1) is 15.1. The Morgan fingerprint density at radius 3 is 2.28 bits per heavy atom. The number of hydrogen-bond donors (Lipinski definition) is 2. The van der Waals surface area contributed by atoms with E-state index < -0.39 is 0 Å². The van der Waals surface area contributed by atoms with Crippen LogP contribution >= 0.6 is 24.0 Å². The van der Waals surface area contributed by atoms with Gasteiger partial charge in [0.05, 0.1) is 13.2 Å². The average Bonchev–Trinajstić information content (AvgIpc) is 2.82. The van der Waals surface area contributed by atoms with Gasteiger partial charge in [0.15, 0.2) is 5.96 Å². The molecule has 1 saturated carbocycles. The molecule has 0 bridgehead atoms. The summed E-state index contributed by atoms with van der Waals surface area (Å²) in [6.45, 7) is 8.90. The molecule has 2 aliphatic heterocycles. The molecule has 0 aromatic carbocycles. The predicted molar refractivity (Wildman–Crippen MR) is 141 cm³/mol. The quantitative estimate of drug-likeness (QED) is 0.266. The van der Waals surface area contributed by atoms with Crippen molar-refractivity contribution >= 4 is 35.8 Å². The Morgan fingerprint density at radius 1 is 0.969 bits per heavy atom. The maximum absolute atomic E-state index is 12.1. The molecule has 0 aromatic heterocycles. The van der Waals surface area contributed by atoms with Gasteiger partial charge in [0.25, 0.3) is 0 Å². The van der Waals surface area contributed by atoms with Crippen LogP contribution < -0.4 is 10.6 Å². The molecule has 3 fully saturated rings. The Hall–Kier alpha value is -0.650. The van der Waals surface area contributed by atoms with Gasteiger partial charge in [0, 0.05) is 52.4 Å². The fourth-order valence-electron chi connectivity index (χ4n) is 5.05. The molecule has 2 saturated heterocycles. The molecule has 0 unspecified atom stereocenters. The lowest BCUT2D eigenvalue weighted by Gasteiger charge is -2.48. The van der Waals surface area contributed by atoms with Gasteiger partial charge in [-0.1, -0.05) is 25.7 Å². The van der Waals surface area contributed by atoms with Crippen molar-refractivity contribution in [3.63, 3.8) is 0 Å². The number of guanidine groups is 1. The monoisotopic (exact) mass is 564 g/mol. The second-order valence-corrected chi connectivity index (χ2v) is 9.52. The molecule has 1 amide bonds. The lowest BCUT2D eigenvalue weighted by molar-refractivity contribution is -0.127.